The molecule has 2 aromatic carbocycles. The first-order valence-corrected chi connectivity index (χ1v) is 9.93. The third-order valence-electron chi connectivity index (χ3n) is 4.91. The van der Waals surface area contributed by atoms with E-state index in [-0.39, 0.29) is 12.4 Å². The molecule has 0 fully saturated rings. The molecule has 1 unspecified atom stereocenters. The molecule has 0 amide bonds. The van der Waals surface area contributed by atoms with Crippen LogP contribution in [-0.2, 0) is 26.3 Å². The van der Waals surface area contributed by atoms with E-state index in [2.05, 4.69) is 16.1 Å². The molecular weight excluding hydrogens is 407 g/mol. The van der Waals surface area contributed by atoms with E-state index in [0.717, 1.165) is 28.8 Å². The van der Waals surface area contributed by atoms with Gasteiger partial charge in [-0.2, -0.15) is 18.3 Å². The first-order chi connectivity index (χ1) is 14.7. The van der Waals surface area contributed by atoms with Crippen molar-refractivity contribution in [1.29, 1.82) is 0 Å². The first-order valence-electron chi connectivity index (χ1n) is 9.93. The number of alkyl halides is 3. The van der Waals surface area contributed by atoms with Gasteiger partial charge >= 0.3 is 6.18 Å². The molecule has 31 heavy (non-hydrogen) atoms. The molecule has 0 aliphatic heterocycles. The van der Waals surface area contributed by atoms with Gasteiger partial charge in [0.2, 0.25) is 0 Å². The van der Waals surface area contributed by atoms with Gasteiger partial charge in [0.05, 0.1) is 11.8 Å². The number of hydrogen-bond acceptors (Lipinski definition) is 4. The fourth-order valence-corrected chi connectivity index (χ4v) is 3.31. The molecule has 0 radical (unpaired) electrons. The summed E-state index contributed by atoms with van der Waals surface area (Å²) in [6.45, 7) is 3.59. The van der Waals surface area contributed by atoms with Gasteiger partial charge in [0.15, 0.2) is 0 Å². The Balaban J connectivity index is 1.61. The van der Waals surface area contributed by atoms with Crippen LogP contribution in [0.2, 0.25) is 0 Å². The Bertz CT molecular complexity index is 971. The highest BCUT2D eigenvalue weighted by Crippen LogP contribution is 2.30. The fraction of sp³-hybridized carbons (Fsp3) is 0.348. The topological polar surface area (TPSA) is 50.5 Å². The van der Waals surface area contributed by atoms with E-state index in [1.807, 2.05) is 38.4 Å². The van der Waals surface area contributed by atoms with E-state index in [4.69, 9.17) is 4.74 Å². The average molecular weight is 433 g/mol. The van der Waals surface area contributed by atoms with E-state index in [0.29, 0.717) is 19.6 Å². The summed E-state index contributed by atoms with van der Waals surface area (Å²) in [6.07, 6.45) is -1.49. The number of rotatable bonds is 9. The Morgan fingerprint density at radius 1 is 1.10 bits per heavy atom. The number of aliphatic hydroxyl groups excluding tert-OH is 1. The second kappa shape index (κ2) is 9.98. The molecule has 0 saturated heterocycles. The van der Waals surface area contributed by atoms with Gasteiger partial charge < -0.3 is 9.84 Å². The summed E-state index contributed by atoms with van der Waals surface area (Å²) in [5.74, 6) is 0.282. The van der Waals surface area contributed by atoms with Crippen LogP contribution >= 0.6 is 0 Å². The Labute approximate surface area is 179 Å². The minimum Gasteiger partial charge on any atom is -0.491 e. The predicted octanol–water partition coefficient (Wildman–Crippen LogP) is 4.19. The van der Waals surface area contributed by atoms with Crippen LogP contribution < -0.4 is 4.74 Å². The van der Waals surface area contributed by atoms with Crippen molar-refractivity contribution in [3.8, 4) is 5.75 Å². The molecule has 166 valence electrons. The van der Waals surface area contributed by atoms with Crippen molar-refractivity contribution in [2.45, 2.75) is 32.3 Å². The first kappa shape index (κ1) is 22.8. The molecule has 1 N–H and O–H groups in total. The van der Waals surface area contributed by atoms with Crippen LogP contribution in [-0.4, -0.2) is 39.0 Å². The second-order valence-electron chi connectivity index (χ2n) is 7.61. The molecule has 1 aromatic heterocycles. The van der Waals surface area contributed by atoms with Crippen LogP contribution in [0.25, 0.3) is 0 Å². The molecule has 0 saturated carbocycles. The highest BCUT2D eigenvalue weighted by atomic mass is 19.4. The maximum absolute atomic E-state index is 12.7. The lowest BCUT2D eigenvalue weighted by Crippen LogP contribution is -2.35. The Morgan fingerprint density at radius 2 is 1.81 bits per heavy atom. The largest absolute Gasteiger partial charge is 0.491 e. The van der Waals surface area contributed by atoms with Crippen molar-refractivity contribution < 1.29 is 23.0 Å². The number of hydrogen-bond donors (Lipinski definition) is 1. The molecule has 1 heterocycles. The summed E-state index contributed by atoms with van der Waals surface area (Å²) < 4.78 is 45.2. The van der Waals surface area contributed by atoms with Gasteiger partial charge in [-0.15, -0.1) is 0 Å². The van der Waals surface area contributed by atoms with Gasteiger partial charge in [0.25, 0.3) is 0 Å². The molecular formula is C23H26F3N3O2. The van der Waals surface area contributed by atoms with E-state index in [9.17, 15) is 18.3 Å². The van der Waals surface area contributed by atoms with Crippen molar-refractivity contribution >= 4 is 0 Å². The molecule has 0 aliphatic rings. The highest BCUT2D eigenvalue weighted by Gasteiger charge is 2.30. The lowest BCUT2D eigenvalue weighted by Gasteiger charge is -2.25. The Hall–Kier alpha value is -2.84. The summed E-state index contributed by atoms with van der Waals surface area (Å²) in [4.78, 5) is 2.10. The molecule has 3 aromatic rings. The summed E-state index contributed by atoms with van der Waals surface area (Å²) in [6, 6.07) is 12.5. The Kier molecular flexibility index (Phi) is 7.35. The van der Waals surface area contributed by atoms with Crippen molar-refractivity contribution in [2.24, 2.45) is 7.05 Å². The van der Waals surface area contributed by atoms with E-state index < -0.39 is 17.8 Å². The van der Waals surface area contributed by atoms with Crippen molar-refractivity contribution in [2.75, 3.05) is 13.2 Å². The standard InChI is InChI=1S/C23H26F3N3O2/c1-17-5-3-4-6-19(17)14-29(13-18-11-27-28(2)12-18)15-21(30)16-31-22-9-7-20(8-10-22)23(24,25)26/h3-12,21,30H,13-16H2,1-2H3. The summed E-state index contributed by atoms with van der Waals surface area (Å²) in [7, 11) is 1.85. The van der Waals surface area contributed by atoms with Gasteiger partial charge in [0.1, 0.15) is 18.5 Å². The minimum atomic E-state index is -4.39. The fourth-order valence-electron chi connectivity index (χ4n) is 3.31. The van der Waals surface area contributed by atoms with Crippen LogP contribution in [0.5, 0.6) is 5.75 Å². The number of aryl methyl sites for hydroxylation is 2. The van der Waals surface area contributed by atoms with Gasteiger partial charge in [0, 0.05) is 38.4 Å². The quantitative estimate of drug-likeness (QED) is 0.550. The zero-order valence-corrected chi connectivity index (χ0v) is 17.5. The van der Waals surface area contributed by atoms with Gasteiger partial charge in [-0.1, -0.05) is 24.3 Å². The van der Waals surface area contributed by atoms with E-state index in [1.54, 1.807) is 10.9 Å². The molecule has 3 rings (SSSR count). The summed E-state index contributed by atoms with van der Waals surface area (Å²) in [5.41, 5.74) is 2.60. The normalized spacial score (nSPS) is 12.9. The summed E-state index contributed by atoms with van der Waals surface area (Å²) >= 11 is 0. The Morgan fingerprint density at radius 3 is 2.42 bits per heavy atom. The number of aromatic nitrogens is 2. The lowest BCUT2D eigenvalue weighted by atomic mass is 10.1. The van der Waals surface area contributed by atoms with Crippen molar-refractivity contribution in [3.63, 3.8) is 0 Å². The number of nitrogens with zero attached hydrogens (tertiary/aromatic N) is 3. The van der Waals surface area contributed by atoms with E-state index >= 15 is 0 Å². The van der Waals surface area contributed by atoms with Crippen LogP contribution in [0.1, 0.15) is 22.3 Å². The smallest absolute Gasteiger partial charge is 0.416 e. The van der Waals surface area contributed by atoms with Crippen LogP contribution in [0.4, 0.5) is 13.2 Å². The third-order valence-corrected chi connectivity index (χ3v) is 4.91. The number of benzene rings is 2. The van der Waals surface area contributed by atoms with E-state index in [1.165, 1.54) is 12.1 Å². The SMILES string of the molecule is Cc1ccccc1CN(Cc1cnn(C)c1)CC(O)COc1ccc(C(F)(F)F)cc1. The molecule has 1 atom stereocenters. The van der Waals surface area contributed by atoms with Gasteiger partial charge in [-0.05, 0) is 42.3 Å². The molecule has 0 aliphatic carbocycles. The number of aliphatic hydroxyl groups is 1. The maximum Gasteiger partial charge on any atom is 0.416 e. The highest BCUT2D eigenvalue weighted by molar-refractivity contribution is 5.29. The maximum atomic E-state index is 12.7. The lowest BCUT2D eigenvalue weighted by molar-refractivity contribution is -0.137. The van der Waals surface area contributed by atoms with Crippen LogP contribution in [0.3, 0.4) is 0 Å². The van der Waals surface area contributed by atoms with Crippen LogP contribution in [0, 0.1) is 6.92 Å². The third kappa shape index (κ3) is 6.83. The van der Waals surface area contributed by atoms with Crippen LogP contribution in [0.15, 0.2) is 60.9 Å². The molecule has 0 bridgehead atoms. The van der Waals surface area contributed by atoms with Gasteiger partial charge in [-0.3, -0.25) is 9.58 Å². The zero-order chi connectivity index (χ0) is 22.4. The summed E-state index contributed by atoms with van der Waals surface area (Å²) in [5, 5.41) is 14.7. The number of halogens is 3. The zero-order valence-electron chi connectivity index (χ0n) is 17.5. The average Bonchev–Trinajstić information content (AvgIpc) is 3.12. The number of ether oxygens (including phenoxy) is 1. The molecule has 0 spiro atoms. The van der Waals surface area contributed by atoms with Crippen molar-refractivity contribution in [1.82, 2.24) is 14.7 Å². The molecule has 8 heteroatoms. The van der Waals surface area contributed by atoms with Crippen molar-refractivity contribution in [3.05, 3.63) is 83.2 Å². The predicted molar refractivity (Wildman–Crippen MR) is 111 cm³/mol. The second-order valence-corrected chi connectivity index (χ2v) is 7.61. The minimum absolute atomic E-state index is 0.0251. The monoisotopic (exact) mass is 433 g/mol. The van der Waals surface area contributed by atoms with Gasteiger partial charge in [-0.25, -0.2) is 0 Å². The molecule has 5 nitrogen and oxygen atoms in total.